The van der Waals surface area contributed by atoms with Gasteiger partial charge in [-0.25, -0.2) is 19.2 Å². The fraction of sp³-hybridized carbons (Fsp3) is 0.0588. The number of esters is 4. The zero-order valence-electron chi connectivity index (χ0n) is 11.1. The minimum atomic E-state index is -0.550. The summed E-state index contributed by atoms with van der Waals surface area (Å²) in [6.45, 7) is 0. The first-order valence-corrected chi connectivity index (χ1v) is 6.29. The third kappa shape index (κ3) is 2.87. The summed E-state index contributed by atoms with van der Waals surface area (Å²) in [6, 6.07) is 13.1. The van der Waals surface area contributed by atoms with Crippen LogP contribution in [0.1, 0.15) is 48.9 Å². The lowest BCUT2D eigenvalue weighted by molar-refractivity contribution is 0.0425. The van der Waals surface area contributed by atoms with Gasteiger partial charge in [-0.15, -0.1) is 0 Å². The number of rotatable bonds is 0. The average molecular weight is 312 g/mol. The first-order chi connectivity index (χ1) is 10.6. The van der Waals surface area contributed by atoms with E-state index in [4.69, 9.17) is 0 Å². The van der Waals surface area contributed by atoms with Gasteiger partial charge in [-0.05, 0) is 24.3 Å². The van der Waals surface area contributed by atoms with Crippen molar-refractivity contribution in [3.8, 4) is 0 Å². The van der Waals surface area contributed by atoms with Crippen molar-refractivity contribution < 1.29 is 28.7 Å². The maximum Gasteiger partial charge on any atom is 0.346 e. The van der Waals surface area contributed by atoms with Gasteiger partial charge in [0.25, 0.3) is 0 Å². The number of hydrogen-bond donors (Lipinski definition) is 0. The fourth-order valence-corrected chi connectivity index (χ4v) is 2.07. The molecule has 4 rings (SSSR count). The Morgan fingerprint density at radius 2 is 0.696 bits per heavy atom. The second kappa shape index (κ2) is 6.23. The molecule has 0 radical (unpaired) electrons. The monoisotopic (exact) mass is 312 g/mol. The van der Waals surface area contributed by atoms with Gasteiger partial charge in [0.15, 0.2) is 0 Å². The van der Waals surface area contributed by atoms with Crippen LogP contribution in [0.4, 0.5) is 0 Å². The first-order valence-electron chi connectivity index (χ1n) is 6.29. The van der Waals surface area contributed by atoms with Crippen LogP contribution in [0.3, 0.4) is 0 Å². The molecule has 2 aromatic carbocycles. The van der Waals surface area contributed by atoms with Gasteiger partial charge in [0.2, 0.25) is 0 Å². The molecule has 0 unspecified atom stereocenters. The van der Waals surface area contributed by atoms with Gasteiger partial charge in [0.1, 0.15) is 0 Å². The number of fused-ring (bicyclic) bond motifs is 2. The van der Waals surface area contributed by atoms with Gasteiger partial charge in [-0.2, -0.15) is 0 Å². The van der Waals surface area contributed by atoms with Gasteiger partial charge in [-0.1, -0.05) is 31.7 Å². The van der Waals surface area contributed by atoms with E-state index in [1.165, 1.54) is 0 Å². The highest BCUT2D eigenvalue weighted by molar-refractivity contribution is 6.15. The van der Waals surface area contributed by atoms with Crippen LogP contribution in [0.2, 0.25) is 0 Å². The zero-order valence-corrected chi connectivity index (χ0v) is 11.1. The second-order valence-corrected chi connectivity index (χ2v) is 4.45. The molecule has 23 heavy (non-hydrogen) atoms. The van der Waals surface area contributed by atoms with Gasteiger partial charge >= 0.3 is 23.9 Å². The molecule has 0 spiro atoms. The fourth-order valence-electron chi connectivity index (χ4n) is 2.07. The SMILES string of the molecule is C.O=C1OC(=O)c2ccccc21.O=C1OC(=O)c2ccccc21. The van der Waals surface area contributed by atoms with Gasteiger partial charge in [0, 0.05) is 0 Å². The Hall–Kier alpha value is -3.28. The van der Waals surface area contributed by atoms with E-state index in [-0.39, 0.29) is 7.43 Å². The van der Waals surface area contributed by atoms with Crippen LogP contribution in [0.15, 0.2) is 48.5 Å². The van der Waals surface area contributed by atoms with Crippen LogP contribution in [0.25, 0.3) is 0 Å². The Kier molecular flexibility index (Phi) is 4.36. The lowest BCUT2D eigenvalue weighted by atomic mass is 10.1. The summed E-state index contributed by atoms with van der Waals surface area (Å²) < 4.78 is 8.71. The highest BCUT2D eigenvalue weighted by atomic mass is 16.6. The van der Waals surface area contributed by atoms with Crippen molar-refractivity contribution in [2.24, 2.45) is 0 Å². The van der Waals surface area contributed by atoms with Crippen molar-refractivity contribution in [1.29, 1.82) is 0 Å². The standard InChI is InChI=1S/2C8H4O3.CH4/c2*9-7-5-3-1-2-4-6(5)8(10)11-7;/h2*1-4H;1H4. The molecule has 0 aromatic heterocycles. The maximum absolute atomic E-state index is 10.8. The Labute approximate surface area is 131 Å². The highest BCUT2D eigenvalue weighted by Crippen LogP contribution is 2.19. The largest absolute Gasteiger partial charge is 0.386 e. The number of benzene rings is 2. The molecular weight excluding hydrogens is 300 g/mol. The predicted molar refractivity (Wildman–Crippen MR) is 79.1 cm³/mol. The summed E-state index contributed by atoms with van der Waals surface area (Å²) in [5.74, 6) is -2.20. The van der Waals surface area contributed by atoms with E-state index in [2.05, 4.69) is 9.47 Å². The smallest absolute Gasteiger partial charge is 0.346 e. The third-order valence-corrected chi connectivity index (χ3v) is 3.10. The number of carbonyl (C=O) groups is 4. The Balaban J connectivity index is 0.000000160. The van der Waals surface area contributed by atoms with Crippen LogP contribution in [0.5, 0.6) is 0 Å². The van der Waals surface area contributed by atoms with E-state index >= 15 is 0 Å². The van der Waals surface area contributed by atoms with E-state index in [0.29, 0.717) is 22.3 Å². The summed E-state index contributed by atoms with van der Waals surface area (Å²) >= 11 is 0. The zero-order chi connectivity index (χ0) is 15.7. The normalized spacial score (nSPS) is 13.9. The quantitative estimate of drug-likeness (QED) is 0.549. The molecule has 0 saturated carbocycles. The Morgan fingerprint density at radius 3 is 0.913 bits per heavy atom. The van der Waals surface area contributed by atoms with Crippen molar-refractivity contribution in [1.82, 2.24) is 0 Å². The van der Waals surface area contributed by atoms with Gasteiger partial charge in [-0.3, -0.25) is 0 Å². The molecule has 2 heterocycles. The molecular formula is C17H12O6. The molecule has 116 valence electrons. The van der Waals surface area contributed by atoms with Crippen molar-refractivity contribution in [2.45, 2.75) is 7.43 Å². The van der Waals surface area contributed by atoms with Crippen LogP contribution in [-0.2, 0) is 9.47 Å². The topological polar surface area (TPSA) is 86.7 Å². The number of carbonyl (C=O) groups excluding carboxylic acids is 4. The number of ether oxygens (including phenoxy) is 2. The molecule has 2 aliphatic rings. The molecule has 0 saturated heterocycles. The Morgan fingerprint density at radius 1 is 0.478 bits per heavy atom. The summed E-state index contributed by atoms with van der Waals surface area (Å²) in [5.41, 5.74) is 1.44. The number of cyclic esters (lactones) is 4. The van der Waals surface area contributed by atoms with Crippen molar-refractivity contribution in [3.63, 3.8) is 0 Å². The van der Waals surface area contributed by atoms with Gasteiger partial charge < -0.3 is 9.47 Å². The first kappa shape index (κ1) is 16.1. The average Bonchev–Trinajstić information content (AvgIpc) is 2.99. The van der Waals surface area contributed by atoms with E-state index in [9.17, 15) is 19.2 Å². The lowest BCUT2D eigenvalue weighted by Crippen LogP contribution is -1.96. The Bertz CT molecular complexity index is 686. The van der Waals surface area contributed by atoms with E-state index < -0.39 is 23.9 Å². The second-order valence-electron chi connectivity index (χ2n) is 4.45. The molecule has 0 N–H and O–H groups in total. The number of hydrogen-bond acceptors (Lipinski definition) is 6. The predicted octanol–water partition coefficient (Wildman–Crippen LogP) is 2.63. The highest BCUT2D eigenvalue weighted by Gasteiger charge is 2.29. The van der Waals surface area contributed by atoms with Crippen LogP contribution < -0.4 is 0 Å². The molecule has 0 amide bonds. The molecule has 6 heteroatoms. The lowest BCUT2D eigenvalue weighted by Gasteiger charge is -1.86. The van der Waals surface area contributed by atoms with Crippen LogP contribution >= 0.6 is 0 Å². The molecule has 6 nitrogen and oxygen atoms in total. The van der Waals surface area contributed by atoms with Gasteiger partial charge in [0.05, 0.1) is 22.3 Å². The van der Waals surface area contributed by atoms with Crippen LogP contribution in [0, 0.1) is 0 Å². The molecule has 0 atom stereocenters. The van der Waals surface area contributed by atoms with E-state index in [0.717, 1.165) is 0 Å². The van der Waals surface area contributed by atoms with Crippen LogP contribution in [-0.4, -0.2) is 23.9 Å². The summed E-state index contributed by atoms with van der Waals surface area (Å²) in [5, 5.41) is 0. The molecule has 0 fully saturated rings. The third-order valence-electron chi connectivity index (χ3n) is 3.10. The molecule has 2 aliphatic heterocycles. The molecule has 2 aromatic rings. The van der Waals surface area contributed by atoms with E-state index in [1.807, 2.05) is 0 Å². The van der Waals surface area contributed by atoms with Crippen molar-refractivity contribution in [3.05, 3.63) is 70.8 Å². The van der Waals surface area contributed by atoms with Crippen molar-refractivity contribution in [2.75, 3.05) is 0 Å². The summed E-state index contributed by atoms with van der Waals surface area (Å²) in [7, 11) is 0. The summed E-state index contributed by atoms with van der Waals surface area (Å²) in [4.78, 5) is 43.3. The minimum absolute atomic E-state index is 0. The van der Waals surface area contributed by atoms with Crippen molar-refractivity contribution >= 4 is 23.9 Å². The maximum atomic E-state index is 10.8. The molecule has 0 aliphatic carbocycles. The summed E-state index contributed by atoms with van der Waals surface area (Å²) in [6.07, 6.45) is 0. The minimum Gasteiger partial charge on any atom is -0.386 e. The molecule has 0 bridgehead atoms. The van der Waals surface area contributed by atoms with E-state index in [1.54, 1.807) is 48.5 Å².